The molecule has 0 radical (unpaired) electrons. The van der Waals surface area contributed by atoms with Gasteiger partial charge in [0, 0.05) is 18.2 Å². The first-order chi connectivity index (χ1) is 10.1. The van der Waals surface area contributed by atoms with E-state index in [1.54, 1.807) is 12.1 Å². The minimum Gasteiger partial charge on any atom is -0.481 e. The number of nitrogens with one attached hydrogen (secondary N) is 1. The lowest BCUT2D eigenvalue weighted by atomic mass is 10.2. The summed E-state index contributed by atoms with van der Waals surface area (Å²) in [5, 5.41) is 3.60. The van der Waals surface area contributed by atoms with Crippen LogP contribution in [0.1, 0.15) is 31.7 Å². The summed E-state index contributed by atoms with van der Waals surface area (Å²) < 4.78 is 11.3. The molecule has 0 unspecified atom stereocenters. The lowest BCUT2D eigenvalue weighted by molar-refractivity contribution is -0.128. The number of benzene rings is 1. The van der Waals surface area contributed by atoms with E-state index in [2.05, 4.69) is 5.32 Å². The SMILES string of the molecule is CC[C@H](Oc1ccc(Cl)c(C)c1)C(=O)NC[C@H]1CCCO1. The maximum absolute atomic E-state index is 12.2. The molecule has 1 aliphatic heterocycles. The Hall–Kier alpha value is -1.26. The molecule has 1 aromatic rings. The molecule has 1 saturated heterocycles. The lowest BCUT2D eigenvalue weighted by Crippen LogP contribution is -2.41. The Morgan fingerprint density at radius 3 is 3.00 bits per heavy atom. The number of carbonyl (C=O) groups excluding carboxylic acids is 1. The quantitative estimate of drug-likeness (QED) is 0.878. The number of ether oxygens (including phenoxy) is 2. The van der Waals surface area contributed by atoms with Crippen molar-refractivity contribution in [1.29, 1.82) is 0 Å². The molecule has 21 heavy (non-hydrogen) atoms. The molecule has 0 saturated carbocycles. The predicted octanol–water partition coefficient (Wildman–Crippen LogP) is 3.10. The van der Waals surface area contributed by atoms with Crippen molar-refractivity contribution in [2.45, 2.75) is 45.3 Å². The van der Waals surface area contributed by atoms with Gasteiger partial charge in [-0.2, -0.15) is 0 Å². The van der Waals surface area contributed by atoms with Gasteiger partial charge in [0.1, 0.15) is 5.75 Å². The standard InChI is InChI=1S/C16H22ClNO3/c1-3-15(16(19)18-10-13-5-4-8-20-13)21-12-6-7-14(17)11(2)9-12/h6-7,9,13,15H,3-5,8,10H2,1-2H3,(H,18,19)/t13-,15+/m1/s1. The first-order valence-corrected chi connectivity index (χ1v) is 7.80. The third kappa shape index (κ3) is 4.61. The molecule has 1 aromatic carbocycles. The highest BCUT2D eigenvalue weighted by atomic mass is 35.5. The first kappa shape index (κ1) is 16.1. The molecule has 1 aliphatic rings. The van der Waals surface area contributed by atoms with Crippen molar-refractivity contribution < 1.29 is 14.3 Å². The van der Waals surface area contributed by atoms with Crippen LogP contribution in [0.5, 0.6) is 5.75 Å². The minimum absolute atomic E-state index is 0.0967. The maximum atomic E-state index is 12.2. The van der Waals surface area contributed by atoms with Crippen molar-refractivity contribution in [1.82, 2.24) is 5.32 Å². The fourth-order valence-electron chi connectivity index (χ4n) is 2.31. The molecule has 4 nitrogen and oxygen atoms in total. The van der Waals surface area contributed by atoms with Gasteiger partial charge in [-0.1, -0.05) is 18.5 Å². The van der Waals surface area contributed by atoms with Gasteiger partial charge in [-0.3, -0.25) is 4.79 Å². The zero-order valence-electron chi connectivity index (χ0n) is 12.5. The lowest BCUT2D eigenvalue weighted by Gasteiger charge is -2.19. The second-order valence-corrected chi connectivity index (χ2v) is 5.71. The van der Waals surface area contributed by atoms with Crippen molar-refractivity contribution in [2.24, 2.45) is 0 Å². The average Bonchev–Trinajstić information content (AvgIpc) is 2.99. The van der Waals surface area contributed by atoms with Crippen molar-refractivity contribution >= 4 is 17.5 Å². The largest absolute Gasteiger partial charge is 0.481 e. The van der Waals surface area contributed by atoms with Crippen molar-refractivity contribution in [3.05, 3.63) is 28.8 Å². The highest BCUT2D eigenvalue weighted by Crippen LogP contribution is 2.22. The molecule has 0 aliphatic carbocycles. The highest BCUT2D eigenvalue weighted by Gasteiger charge is 2.21. The zero-order chi connectivity index (χ0) is 15.2. The fraction of sp³-hybridized carbons (Fsp3) is 0.562. The van der Waals surface area contributed by atoms with Gasteiger partial charge in [-0.25, -0.2) is 0 Å². The molecule has 2 rings (SSSR count). The summed E-state index contributed by atoms with van der Waals surface area (Å²) in [4.78, 5) is 12.2. The van der Waals surface area contributed by atoms with Gasteiger partial charge in [0.05, 0.1) is 6.10 Å². The molecule has 0 bridgehead atoms. The number of rotatable bonds is 6. The molecule has 5 heteroatoms. The van der Waals surface area contributed by atoms with Crippen LogP contribution in [-0.2, 0) is 9.53 Å². The summed E-state index contributed by atoms with van der Waals surface area (Å²) in [5.41, 5.74) is 0.934. The summed E-state index contributed by atoms with van der Waals surface area (Å²) in [6.45, 7) is 5.18. The van der Waals surface area contributed by atoms with E-state index < -0.39 is 6.10 Å². The third-order valence-electron chi connectivity index (χ3n) is 3.60. The Balaban J connectivity index is 1.88. The fourth-order valence-corrected chi connectivity index (χ4v) is 2.43. The van der Waals surface area contributed by atoms with E-state index in [4.69, 9.17) is 21.1 Å². The van der Waals surface area contributed by atoms with Gasteiger partial charge in [-0.05, 0) is 49.9 Å². The number of amides is 1. The van der Waals surface area contributed by atoms with Gasteiger partial charge in [-0.15, -0.1) is 0 Å². The first-order valence-electron chi connectivity index (χ1n) is 7.42. The van der Waals surface area contributed by atoms with Crippen LogP contribution in [0.2, 0.25) is 5.02 Å². The average molecular weight is 312 g/mol. The van der Waals surface area contributed by atoms with Gasteiger partial charge in [0.2, 0.25) is 0 Å². The van der Waals surface area contributed by atoms with E-state index in [1.165, 1.54) is 0 Å². The number of aryl methyl sites for hydroxylation is 1. The van der Waals surface area contributed by atoms with E-state index in [0.29, 0.717) is 23.7 Å². The molecular weight excluding hydrogens is 290 g/mol. The molecule has 0 aromatic heterocycles. The van der Waals surface area contributed by atoms with E-state index in [9.17, 15) is 4.79 Å². The summed E-state index contributed by atoms with van der Waals surface area (Å²) >= 11 is 5.99. The normalized spacial score (nSPS) is 19.3. The van der Waals surface area contributed by atoms with Gasteiger partial charge < -0.3 is 14.8 Å². The second kappa shape index (κ2) is 7.66. The van der Waals surface area contributed by atoms with E-state index in [0.717, 1.165) is 25.0 Å². The van der Waals surface area contributed by atoms with Crippen LogP contribution in [0, 0.1) is 6.92 Å². The molecule has 2 atom stereocenters. The molecule has 1 fully saturated rings. The van der Waals surface area contributed by atoms with Gasteiger partial charge >= 0.3 is 0 Å². The van der Waals surface area contributed by atoms with Gasteiger partial charge in [0.25, 0.3) is 5.91 Å². The van der Waals surface area contributed by atoms with Crippen molar-refractivity contribution in [3.63, 3.8) is 0 Å². The van der Waals surface area contributed by atoms with Crippen LogP contribution >= 0.6 is 11.6 Å². The Morgan fingerprint density at radius 1 is 1.57 bits per heavy atom. The molecule has 116 valence electrons. The topological polar surface area (TPSA) is 47.6 Å². The minimum atomic E-state index is -0.494. The summed E-state index contributed by atoms with van der Waals surface area (Å²) in [7, 11) is 0. The van der Waals surface area contributed by atoms with Crippen LogP contribution in [0.4, 0.5) is 0 Å². The Bertz CT molecular complexity index is 486. The van der Waals surface area contributed by atoms with Crippen molar-refractivity contribution in [2.75, 3.05) is 13.2 Å². The Labute approximate surface area is 130 Å². The molecule has 1 amide bonds. The van der Waals surface area contributed by atoms with Crippen LogP contribution in [0.15, 0.2) is 18.2 Å². The summed E-state index contributed by atoms with van der Waals surface area (Å²) in [6, 6.07) is 5.41. The number of halogens is 1. The monoisotopic (exact) mass is 311 g/mol. The molecule has 1 heterocycles. The zero-order valence-corrected chi connectivity index (χ0v) is 13.3. The summed E-state index contributed by atoms with van der Waals surface area (Å²) in [5.74, 6) is 0.566. The van der Waals surface area contributed by atoms with Crippen LogP contribution in [-0.4, -0.2) is 31.3 Å². The van der Waals surface area contributed by atoms with Crippen LogP contribution in [0.3, 0.4) is 0 Å². The smallest absolute Gasteiger partial charge is 0.261 e. The highest BCUT2D eigenvalue weighted by molar-refractivity contribution is 6.31. The number of carbonyl (C=O) groups is 1. The Morgan fingerprint density at radius 2 is 2.38 bits per heavy atom. The second-order valence-electron chi connectivity index (χ2n) is 5.31. The molecule has 0 spiro atoms. The van der Waals surface area contributed by atoms with Crippen LogP contribution in [0.25, 0.3) is 0 Å². The van der Waals surface area contributed by atoms with Crippen molar-refractivity contribution in [3.8, 4) is 5.75 Å². The summed E-state index contributed by atoms with van der Waals surface area (Å²) in [6.07, 6.45) is 2.34. The third-order valence-corrected chi connectivity index (χ3v) is 4.02. The molecule has 1 N–H and O–H groups in total. The predicted molar refractivity (Wildman–Crippen MR) is 82.9 cm³/mol. The number of hydrogen-bond acceptors (Lipinski definition) is 3. The van der Waals surface area contributed by atoms with E-state index in [1.807, 2.05) is 19.9 Å². The Kier molecular flexibility index (Phi) is 5.88. The number of hydrogen-bond donors (Lipinski definition) is 1. The maximum Gasteiger partial charge on any atom is 0.261 e. The van der Waals surface area contributed by atoms with Crippen LogP contribution < -0.4 is 10.1 Å². The molecular formula is C16H22ClNO3. The van der Waals surface area contributed by atoms with E-state index in [-0.39, 0.29) is 12.0 Å². The van der Waals surface area contributed by atoms with E-state index >= 15 is 0 Å². The van der Waals surface area contributed by atoms with Gasteiger partial charge in [0.15, 0.2) is 6.10 Å².